The summed E-state index contributed by atoms with van der Waals surface area (Å²) < 4.78 is 6.00. The van der Waals surface area contributed by atoms with Gasteiger partial charge in [0.15, 0.2) is 5.96 Å². The highest BCUT2D eigenvalue weighted by atomic mass is 16.5. The molecule has 0 aromatic heterocycles. The van der Waals surface area contributed by atoms with Crippen LogP contribution in [0.5, 0.6) is 0 Å². The molecule has 2 unspecified atom stereocenters. The second-order valence-corrected chi connectivity index (χ2v) is 8.42. The molecule has 2 heterocycles. The van der Waals surface area contributed by atoms with E-state index in [9.17, 15) is 0 Å². The summed E-state index contributed by atoms with van der Waals surface area (Å²) in [4.78, 5) is 7.03. The minimum atomic E-state index is 0.140. The summed E-state index contributed by atoms with van der Waals surface area (Å²) in [5, 5.41) is 7.07. The van der Waals surface area contributed by atoms with Gasteiger partial charge in [-0.3, -0.25) is 9.89 Å². The van der Waals surface area contributed by atoms with Gasteiger partial charge >= 0.3 is 0 Å². The Hall–Kier alpha value is -1.59. The van der Waals surface area contributed by atoms with Crippen molar-refractivity contribution in [2.45, 2.75) is 51.2 Å². The standard InChI is InChI=1S/C22H36N4O/c1-22(2,26-13-8-5-9-14-26)17-25-21(23-3)24-16-19-12-15-27-20(19)18-10-6-4-7-11-18/h4,6-7,10-11,19-20H,5,8-9,12-17H2,1-3H3,(H2,23,24,25). The Kier molecular flexibility index (Phi) is 7.13. The minimum Gasteiger partial charge on any atom is -0.373 e. The molecule has 2 fully saturated rings. The molecule has 27 heavy (non-hydrogen) atoms. The molecule has 5 heteroatoms. The molecule has 150 valence electrons. The van der Waals surface area contributed by atoms with Crippen LogP contribution in [0.25, 0.3) is 0 Å². The topological polar surface area (TPSA) is 48.9 Å². The highest BCUT2D eigenvalue weighted by Crippen LogP contribution is 2.33. The van der Waals surface area contributed by atoms with Crippen molar-refractivity contribution in [1.29, 1.82) is 0 Å². The van der Waals surface area contributed by atoms with Crippen molar-refractivity contribution in [2.75, 3.05) is 39.8 Å². The molecule has 1 aromatic carbocycles. The normalized spacial score (nSPS) is 24.8. The van der Waals surface area contributed by atoms with Gasteiger partial charge in [0, 0.05) is 38.2 Å². The molecular weight excluding hydrogens is 336 g/mol. The van der Waals surface area contributed by atoms with Crippen molar-refractivity contribution >= 4 is 5.96 Å². The Bertz CT molecular complexity index is 596. The maximum atomic E-state index is 6.00. The number of nitrogens with zero attached hydrogens (tertiary/aromatic N) is 2. The molecule has 2 saturated heterocycles. The molecule has 5 nitrogen and oxygen atoms in total. The van der Waals surface area contributed by atoms with Crippen LogP contribution in [0.1, 0.15) is 51.2 Å². The number of rotatable bonds is 6. The summed E-state index contributed by atoms with van der Waals surface area (Å²) in [6.45, 7) is 9.68. The van der Waals surface area contributed by atoms with Crippen LogP contribution in [-0.2, 0) is 4.74 Å². The molecule has 0 spiro atoms. The number of hydrogen-bond donors (Lipinski definition) is 2. The SMILES string of the molecule is CN=C(NCC1CCOC1c1ccccc1)NCC(C)(C)N1CCCCC1. The van der Waals surface area contributed by atoms with Crippen molar-refractivity contribution in [3.8, 4) is 0 Å². The molecule has 2 aliphatic heterocycles. The molecule has 2 atom stereocenters. The van der Waals surface area contributed by atoms with E-state index in [0.717, 1.165) is 32.1 Å². The van der Waals surface area contributed by atoms with Crippen molar-refractivity contribution in [3.05, 3.63) is 35.9 Å². The summed E-state index contributed by atoms with van der Waals surface area (Å²) in [5.74, 6) is 1.36. The zero-order chi connectivity index (χ0) is 19.1. The van der Waals surface area contributed by atoms with Crippen molar-refractivity contribution < 1.29 is 4.74 Å². The number of benzene rings is 1. The molecule has 0 saturated carbocycles. The maximum absolute atomic E-state index is 6.00. The Morgan fingerprint density at radius 2 is 1.89 bits per heavy atom. The molecule has 0 bridgehead atoms. The predicted octanol–water partition coefficient (Wildman–Crippen LogP) is 3.19. The third-order valence-corrected chi connectivity index (χ3v) is 6.00. The van der Waals surface area contributed by atoms with E-state index in [1.54, 1.807) is 0 Å². The van der Waals surface area contributed by atoms with Crippen molar-refractivity contribution in [3.63, 3.8) is 0 Å². The van der Waals surface area contributed by atoms with Gasteiger partial charge in [-0.1, -0.05) is 36.8 Å². The fourth-order valence-electron chi connectivity index (χ4n) is 4.21. The molecule has 0 amide bonds. The first-order valence-corrected chi connectivity index (χ1v) is 10.5. The lowest BCUT2D eigenvalue weighted by atomic mass is 9.95. The molecule has 2 aliphatic rings. The van der Waals surface area contributed by atoms with Gasteiger partial charge in [-0.2, -0.15) is 0 Å². The quantitative estimate of drug-likeness (QED) is 0.595. The lowest BCUT2D eigenvalue weighted by Gasteiger charge is -2.41. The third-order valence-electron chi connectivity index (χ3n) is 6.00. The van der Waals surface area contributed by atoms with Crippen LogP contribution in [0, 0.1) is 5.92 Å². The van der Waals surface area contributed by atoms with Crippen molar-refractivity contribution in [1.82, 2.24) is 15.5 Å². The Labute approximate surface area is 164 Å². The average molecular weight is 373 g/mol. The molecule has 2 N–H and O–H groups in total. The van der Waals surface area contributed by atoms with Gasteiger partial charge in [0.25, 0.3) is 0 Å². The van der Waals surface area contributed by atoms with Gasteiger partial charge < -0.3 is 15.4 Å². The molecular formula is C22H36N4O. The van der Waals surface area contributed by atoms with Crippen LogP contribution in [0.2, 0.25) is 0 Å². The fraction of sp³-hybridized carbons (Fsp3) is 0.682. The van der Waals surface area contributed by atoms with E-state index >= 15 is 0 Å². The van der Waals surface area contributed by atoms with E-state index in [2.05, 4.69) is 64.7 Å². The van der Waals surface area contributed by atoms with E-state index in [1.165, 1.54) is 37.9 Å². The average Bonchev–Trinajstić information content (AvgIpc) is 3.18. The second kappa shape index (κ2) is 9.56. The molecule has 3 rings (SSSR count). The number of nitrogens with one attached hydrogen (secondary N) is 2. The maximum Gasteiger partial charge on any atom is 0.191 e. The second-order valence-electron chi connectivity index (χ2n) is 8.42. The Morgan fingerprint density at radius 3 is 2.59 bits per heavy atom. The Balaban J connectivity index is 1.49. The predicted molar refractivity (Wildman–Crippen MR) is 112 cm³/mol. The lowest BCUT2D eigenvalue weighted by molar-refractivity contribution is 0.0911. The third kappa shape index (κ3) is 5.45. The number of hydrogen-bond acceptors (Lipinski definition) is 3. The molecule has 0 radical (unpaired) electrons. The van der Waals surface area contributed by atoms with E-state index in [1.807, 2.05) is 7.05 Å². The van der Waals surface area contributed by atoms with E-state index in [0.29, 0.717) is 5.92 Å². The largest absolute Gasteiger partial charge is 0.373 e. The van der Waals surface area contributed by atoms with Crippen LogP contribution in [0.3, 0.4) is 0 Å². The summed E-state index contributed by atoms with van der Waals surface area (Å²) >= 11 is 0. The summed E-state index contributed by atoms with van der Waals surface area (Å²) in [6, 6.07) is 10.6. The highest BCUT2D eigenvalue weighted by Gasteiger charge is 2.30. The van der Waals surface area contributed by atoms with Crippen molar-refractivity contribution in [2.24, 2.45) is 10.9 Å². The van der Waals surface area contributed by atoms with Crippen LogP contribution in [0.4, 0.5) is 0 Å². The van der Waals surface area contributed by atoms with Crippen LogP contribution < -0.4 is 10.6 Å². The van der Waals surface area contributed by atoms with Crippen LogP contribution >= 0.6 is 0 Å². The lowest BCUT2D eigenvalue weighted by Crippen LogP contribution is -2.55. The summed E-state index contributed by atoms with van der Waals surface area (Å²) in [7, 11) is 1.85. The number of ether oxygens (including phenoxy) is 1. The molecule has 0 aliphatic carbocycles. The summed E-state index contributed by atoms with van der Waals surface area (Å²) in [5.41, 5.74) is 1.41. The highest BCUT2D eigenvalue weighted by molar-refractivity contribution is 5.79. The number of piperidine rings is 1. The first-order valence-electron chi connectivity index (χ1n) is 10.5. The zero-order valence-corrected chi connectivity index (χ0v) is 17.2. The first kappa shape index (κ1) is 20.2. The zero-order valence-electron chi connectivity index (χ0n) is 17.2. The van der Waals surface area contributed by atoms with E-state index in [-0.39, 0.29) is 11.6 Å². The van der Waals surface area contributed by atoms with E-state index < -0.39 is 0 Å². The number of likely N-dealkylation sites (tertiary alicyclic amines) is 1. The van der Waals surface area contributed by atoms with Crippen LogP contribution in [0.15, 0.2) is 35.3 Å². The van der Waals surface area contributed by atoms with Gasteiger partial charge in [0.2, 0.25) is 0 Å². The van der Waals surface area contributed by atoms with E-state index in [4.69, 9.17) is 4.74 Å². The van der Waals surface area contributed by atoms with Gasteiger partial charge in [-0.25, -0.2) is 0 Å². The fourth-order valence-corrected chi connectivity index (χ4v) is 4.21. The first-order chi connectivity index (χ1) is 13.1. The monoisotopic (exact) mass is 372 g/mol. The van der Waals surface area contributed by atoms with Gasteiger partial charge in [0.05, 0.1) is 6.10 Å². The van der Waals surface area contributed by atoms with Crippen LogP contribution in [-0.4, -0.2) is 56.2 Å². The number of guanidine groups is 1. The number of aliphatic imine (C=N–C) groups is 1. The smallest absolute Gasteiger partial charge is 0.191 e. The summed E-state index contributed by atoms with van der Waals surface area (Å²) in [6.07, 6.45) is 5.28. The minimum absolute atomic E-state index is 0.140. The van der Waals surface area contributed by atoms with Gasteiger partial charge in [-0.05, 0) is 51.8 Å². The van der Waals surface area contributed by atoms with Gasteiger partial charge in [-0.15, -0.1) is 0 Å². The Morgan fingerprint density at radius 1 is 1.15 bits per heavy atom. The molecule has 1 aromatic rings. The van der Waals surface area contributed by atoms with Gasteiger partial charge in [0.1, 0.15) is 0 Å².